The molecule has 32 heavy (non-hydrogen) atoms. The molecule has 2 heterocycles. The summed E-state index contributed by atoms with van der Waals surface area (Å²) in [6, 6.07) is 13.3. The van der Waals surface area contributed by atoms with E-state index in [1.807, 2.05) is 35.2 Å². The van der Waals surface area contributed by atoms with Gasteiger partial charge in [-0.15, -0.1) is 0 Å². The highest BCUT2D eigenvalue weighted by Gasteiger charge is 2.38. The number of rotatable bonds is 6. The van der Waals surface area contributed by atoms with Gasteiger partial charge in [0.1, 0.15) is 5.75 Å². The monoisotopic (exact) mass is 439 g/mol. The number of ether oxygens (including phenoxy) is 3. The topological polar surface area (TPSA) is 71.6 Å². The van der Waals surface area contributed by atoms with E-state index in [4.69, 9.17) is 14.2 Å². The van der Waals surface area contributed by atoms with Gasteiger partial charge in [0.25, 0.3) is 0 Å². The Hall–Kier alpha value is -3.42. The molecule has 8 heteroatoms. The molecule has 4 rings (SSSR count). The lowest BCUT2D eigenvalue weighted by atomic mass is 10.1. The molecule has 0 aliphatic carbocycles. The second kappa shape index (κ2) is 9.38. The highest BCUT2D eigenvalue weighted by molar-refractivity contribution is 6.00. The SMILES string of the molecule is COc1ccc(N2CCN(C(=O)C3CC(=O)N(c4ccc(OC)c(OC)c4)C3)CC2)cc1. The molecular weight excluding hydrogens is 410 g/mol. The van der Waals surface area contributed by atoms with Crippen LogP contribution in [-0.2, 0) is 9.59 Å². The molecule has 0 saturated carbocycles. The molecule has 0 aromatic heterocycles. The molecule has 2 fully saturated rings. The fourth-order valence-corrected chi connectivity index (χ4v) is 4.35. The lowest BCUT2D eigenvalue weighted by Crippen LogP contribution is -2.50. The Morgan fingerprint density at radius 2 is 1.50 bits per heavy atom. The third kappa shape index (κ3) is 4.30. The molecule has 2 amide bonds. The summed E-state index contributed by atoms with van der Waals surface area (Å²) in [5, 5.41) is 0. The van der Waals surface area contributed by atoms with Crippen LogP contribution in [0.1, 0.15) is 6.42 Å². The number of hydrogen-bond donors (Lipinski definition) is 0. The fourth-order valence-electron chi connectivity index (χ4n) is 4.35. The highest BCUT2D eigenvalue weighted by Crippen LogP contribution is 2.34. The fraction of sp³-hybridized carbons (Fsp3) is 0.417. The molecule has 8 nitrogen and oxygen atoms in total. The zero-order valence-electron chi connectivity index (χ0n) is 18.7. The maximum atomic E-state index is 13.1. The van der Waals surface area contributed by atoms with E-state index in [2.05, 4.69) is 4.90 Å². The van der Waals surface area contributed by atoms with Gasteiger partial charge in [-0.3, -0.25) is 9.59 Å². The number of benzene rings is 2. The van der Waals surface area contributed by atoms with E-state index in [1.54, 1.807) is 38.4 Å². The van der Waals surface area contributed by atoms with Crippen molar-refractivity contribution in [3.63, 3.8) is 0 Å². The van der Waals surface area contributed by atoms with E-state index in [1.165, 1.54) is 0 Å². The molecule has 0 radical (unpaired) electrons. The average molecular weight is 440 g/mol. The van der Waals surface area contributed by atoms with Crippen LogP contribution in [0.5, 0.6) is 17.2 Å². The summed E-state index contributed by atoms with van der Waals surface area (Å²) in [5.74, 6) is 1.66. The van der Waals surface area contributed by atoms with Gasteiger partial charge >= 0.3 is 0 Å². The quantitative estimate of drug-likeness (QED) is 0.689. The molecule has 2 aliphatic rings. The minimum absolute atomic E-state index is 0.0487. The summed E-state index contributed by atoms with van der Waals surface area (Å²) in [4.78, 5) is 31.6. The number of piperazine rings is 1. The number of hydrogen-bond acceptors (Lipinski definition) is 6. The van der Waals surface area contributed by atoms with Crippen molar-refractivity contribution in [3.05, 3.63) is 42.5 Å². The molecule has 2 aliphatic heterocycles. The molecule has 170 valence electrons. The molecule has 0 N–H and O–H groups in total. The van der Waals surface area contributed by atoms with Crippen molar-refractivity contribution in [2.24, 2.45) is 5.92 Å². The Morgan fingerprint density at radius 1 is 0.844 bits per heavy atom. The standard InChI is InChI=1S/C24H29N3O5/c1-30-20-7-4-18(5-8-20)25-10-12-26(13-11-25)24(29)17-14-23(28)27(16-17)19-6-9-21(31-2)22(15-19)32-3/h4-9,15,17H,10-14,16H2,1-3H3. The zero-order valence-corrected chi connectivity index (χ0v) is 18.7. The average Bonchev–Trinajstić information content (AvgIpc) is 3.24. The van der Waals surface area contributed by atoms with Crippen LogP contribution in [0.25, 0.3) is 0 Å². The van der Waals surface area contributed by atoms with Gasteiger partial charge in [-0.25, -0.2) is 0 Å². The van der Waals surface area contributed by atoms with Gasteiger partial charge in [-0.05, 0) is 36.4 Å². The van der Waals surface area contributed by atoms with Gasteiger partial charge < -0.3 is 28.9 Å². The summed E-state index contributed by atoms with van der Waals surface area (Å²) in [7, 11) is 4.78. The maximum Gasteiger partial charge on any atom is 0.228 e. The first-order valence-corrected chi connectivity index (χ1v) is 10.7. The normalized spacial score (nSPS) is 18.7. The summed E-state index contributed by atoms with van der Waals surface area (Å²) in [6.07, 6.45) is 0.228. The van der Waals surface area contributed by atoms with Crippen LogP contribution in [0, 0.1) is 5.92 Å². The predicted octanol–water partition coefficient (Wildman–Crippen LogP) is 2.41. The van der Waals surface area contributed by atoms with Crippen LogP contribution in [-0.4, -0.2) is 70.8 Å². The first-order chi connectivity index (χ1) is 15.5. The Morgan fingerprint density at radius 3 is 2.12 bits per heavy atom. The van der Waals surface area contributed by atoms with Gasteiger partial charge in [-0.2, -0.15) is 0 Å². The molecule has 2 aromatic rings. The molecule has 2 saturated heterocycles. The molecule has 2 aromatic carbocycles. The molecule has 1 atom stereocenters. The van der Waals surface area contributed by atoms with Gasteiger partial charge in [0.05, 0.1) is 27.2 Å². The van der Waals surface area contributed by atoms with Crippen LogP contribution in [0.3, 0.4) is 0 Å². The van der Waals surface area contributed by atoms with Crippen molar-refractivity contribution >= 4 is 23.2 Å². The minimum Gasteiger partial charge on any atom is -0.497 e. The zero-order chi connectivity index (χ0) is 22.7. The smallest absolute Gasteiger partial charge is 0.228 e. The Balaban J connectivity index is 1.37. The van der Waals surface area contributed by atoms with E-state index in [-0.39, 0.29) is 24.2 Å². The summed E-state index contributed by atoms with van der Waals surface area (Å²) >= 11 is 0. The number of amides is 2. The second-order valence-corrected chi connectivity index (χ2v) is 7.96. The van der Waals surface area contributed by atoms with Crippen LogP contribution in [0.15, 0.2) is 42.5 Å². The van der Waals surface area contributed by atoms with E-state index in [9.17, 15) is 9.59 Å². The van der Waals surface area contributed by atoms with Gasteiger partial charge in [-0.1, -0.05) is 0 Å². The van der Waals surface area contributed by atoms with Gasteiger partial charge in [0.2, 0.25) is 11.8 Å². The lowest BCUT2D eigenvalue weighted by molar-refractivity contribution is -0.136. The minimum atomic E-state index is -0.330. The van der Waals surface area contributed by atoms with Crippen LogP contribution in [0.2, 0.25) is 0 Å². The third-order valence-electron chi connectivity index (χ3n) is 6.18. The molecule has 1 unspecified atom stereocenters. The first kappa shape index (κ1) is 21.8. The number of methoxy groups -OCH3 is 3. The van der Waals surface area contributed by atoms with Crippen LogP contribution >= 0.6 is 0 Å². The van der Waals surface area contributed by atoms with E-state index >= 15 is 0 Å². The lowest BCUT2D eigenvalue weighted by Gasteiger charge is -2.37. The third-order valence-corrected chi connectivity index (χ3v) is 6.18. The Kier molecular flexibility index (Phi) is 6.39. The summed E-state index contributed by atoms with van der Waals surface area (Å²) in [5.41, 5.74) is 1.83. The summed E-state index contributed by atoms with van der Waals surface area (Å²) < 4.78 is 15.8. The molecular formula is C24H29N3O5. The predicted molar refractivity (Wildman–Crippen MR) is 122 cm³/mol. The van der Waals surface area contributed by atoms with Crippen molar-refractivity contribution in [2.45, 2.75) is 6.42 Å². The highest BCUT2D eigenvalue weighted by atomic mass is 16.5. The Labute approximate surface area is 188 Å². The van der Waals surface area contributed by atoms with E-state index in [0.29, 0.717) is 36.8 Å². The van der Waals surface area contributed by atoms with Crippen molar-refractivity contribution in [3.8, 4) is 17.2 Å². The van der Waals surface area contributed by atoms with Crippen molar-refractivity contribution in [2.75, 3.05) is 63.9 Å². The van der Waals surface area contributed by atoms with Crippen LogP contribution < -0.4 is 24.0 Å². The first-order valence-electron chi connectivity index (χ1n) is 10.7. The largest absolute Gasteiger partial charge is 0.497 e. The molecule has 0 bridgehead atoms. The van der Waals surface area contributed by atoms with Crippen molar-refractivity contribution in [1.82, 2.24) is 4.90 Å². The number of carbonyl (C=O) groups is 2. The van der Waals surface area contributed by atoms with Crippen molar-refractivity contribution < 1.29 is 23.8 Å². The van der Waals surface area contributed by atoms with Crippen molar-refractivity contribution in [1.29, 1.82) is 0 Å². The number of nitrogens with zero attached hydrogens (tertiary/aromatic N) is 3. The van der Waals surface area contributed by atoms with E-state index in [0.717, 1.165) is 24.5 Å². The molecule has 0 spiro atoms. The summed E-state index contributed by atoms with van der Waals surface area (Å²) in [6.45, 7) is 3.19. The van der Waals surface area contributed by atoms with Crippen LogP contribution in [0.4, 0.5) is 11.4 Å². The number of carbonyl (C=O) groups excluding carboxylic acids is 2. The maximum absolute atomic E-state index is 13.1. The second-order valence-electron chi connectivity index (χ2n) is 7.96. The van der Waals surface area contributed by atoms with Gasteiger partial charge in [0.15, 0.2) is 11.5 Å². The number of anilines is 2. The van der Waals surface area contributed by atoms with E-state index < -0.39 is 0 Å². The Bertz CT molecular complexity index is 970. The van der Waals surface area contributed by atoms with Gasteiger partial charge in [0, 0.05) is 56.6 Å².